The van der Waals surface area contributed by atoms with Crippen LogP contribution in [0.3, 0.4) is 0 Å². The maximum Gasteiger partial charge on any atom is 0.243 e. The maximum atomic E-state index is 13.6. The number of hydrogen-bond donors (Lipinski definition) is 3. The Kier molecular flexibility index (Phi) is 7.15. The van der Waals surface area contributed by atoms with Crippen molar-refractivity contribution in [2.24, 2.45) is 0 Å². The summed E-state index contributed by atoms with van der Waals surface area (Å²) in [7, 11) is -1.39. The average molecular weight is 581 g/mol. The van der Waals surface area contributed by atoms with Gasteiger partial charge in [0.25, 0.3) is 0 Å². The van der Waals surface area contributed by atoms with Gasteiger partial charge in [-0.2, -0.15) is 0 Å². The summed E-state index contributed by atoms with van der Waals surface area (Å²) in [6.45, 7) is 3.29. The van der Waals surface area contributed by atoms with Gasteiger partial charge >= 0.3 is 0 Å². The second-order valence-corrected chi connectivity index (χ2v) is 11.8. The molecular formula is C25H24N8O5S2. The molecule has 13 nitrogen and oxygen atoms in total. The number of phenols is 1. The van der Waals surface area contributed by atoms with Crippen molar-refractivity contribution in [3.05, 3.63) is 63.4 Å². The van der Waals surface area contributed by atoms with E-state index in [1.807, 2.05) is 6.92 Å². The van der Waals surface area contributed by atoms with Crippen molar-refractivity contribution < 1.29 is 23.0 Å². The van der Waals surface area contributed by atoms with E-state index < -0.39 is 21.4 Å². The summed E-state index contributed by atoms with van der Waals surface area (Å²) in [5.74, 6) is 0.185. The molecule has 0 bridgehead atoms. The van der Waals surface area contributed by atoms with Crippen LogP contribution in [0, 0.1) is 6.92 Å². The summed E-state index contributed by atoms with van der Waals surface area (Å²) in [6, 6.07) is 4.63. The molecule has 1 aliphatic rings. The first-order valence-electron chi connectivity index (χ1n) is 11.8. The Labute approximate surface area is 232 Å². The minimum atomic E-state index is -4.19. The first kappa shape index (κ1) is 27.1. The molecule has 3 aromatic heterocycles. The Hall–Kier alpha value is -4.52. The van der Waals surface area contributed by atoms with Gasteiger partial charge in [0, 0.05) is 19.5 Å². The van der Waals surface area contributed by atoms with Crippen molar-refractivity contribution in [2.75, 3.05) is 24.7 Å². The van der Waals surface area contributed by atoms with Crippen molar-refractivity contribution in [2.45, 2.75) is 25.2 Å². The second-order valence-electron chi connectivity index (χ2n) is 8.71. The van der Waals surface area contributed by atoms with Crippen LogP contribution in [0.25, 0.3) is 23.1 Å². The van der Waals surface area contributed by atoms with Gasteiger partial charge in [0.2, 0.25) is 16.0 Å². The van der Waals surface area contributed by atoms with Gasteiger partial charge in [-0.1, -0.05) is 23.1 Å². The van der Waals surface area contributed by atoms with Crippen LogP contribution in [-0.2, 0) is 14.8 Å². The van der Waals surface area contributed by atoms with E-state index in [0.717, 1.165) is 5.56 Å². The zero-order valence-electron chi connectivity index (χ0n) is 21.8. The third-order valence-electron chi connectivity index (χ3n) is 6.04. The van der Waals surface area contributed by atoms with Crippen molar-refractivity contribution >= 4 is 49.8 Å². The number of nitrogen functional groups attached to an aromatic ring is 1. The Bertz CT molecular complexity index is 1900. The van der Waals surface area contributed by atoms with Gasteiger partial charge in [-0.15, -0.1) is 10.2 Å². The van der Waals surface area contributed by atoms with Crippen molar-refractivity contribution in [1.82, 2.24) is 29.7 Å². The number of sulfonamides is 1. The summed E-state index contributed by atoms with van der Waals surface area (Å²) >= 11 is 1.25. The number of aromatic nitrogens is 6. The number of benzene rings is 1. The molecule has 0 aliphatic heterocycles. The third-order valence-corrected chi connectivity index (χ3v) is 8.57. The third kappa shape index (κ3) is 4.95. The summed E-state index contributed by atoms with van der Waals surface area (Å²) < 4.78 is 42.8. The molecule has 15 heteroatoms. The number of phenolic OH excluding ortho intramolecular Hbond substituents is 1. The van der Waals surface area contributed by atoms with Crippen molar-refractivity contribution in [1.29, 1.82) is 0 Å². The smallest absolute Gasteiger partial charge is 0.243 e. The highest BCUT2D eigenvalue weighted by molar-refractivity contribution is 7.93. The number of nitrogens with two attached hydrogens (primary N) is 1. The number of nitrogens with one attached hydrogen (secondary N) is 1. The molecule has 206 valence electrons. The van der Waals surface area contributed by atoms with Crippen LogP contribution in [0.1, 0.15) is 30.2 Å². The lowest BCUT2D eigenvalue weighted by Crippen LogP contribution is -2.33. The summed E-state index contributed by atoms with van der Waals surface area (Å²) in [5, 5.41) is 18.9. The Morgan fingerprint density at radius 1 is 1.18 bits per heavy atom. The molecule has 0 amide bonds. The van der Waals surface area contributed by atoms with Crippen molar-refractivity contribution in [3.63, 3.8) is 0 Å². The molecule has 40 heavy (non-hydrogen) atoms. The first-order valence-corrected chi connectivity index (χ1v) is 14.1. The summed E-state index contributed by atoms with van der Waals surface area (Å²) in [5.41, 5.74) is 13.1. The van der Waals surface area contributed by atoms with Gasteiger partial charge in [0.1, 0.15) is 33.9 Å². The fourth-order valence-corrected chi connectivity index (χ4v) is 5.89. The van der Waals surface area contributed by atoms with E-state index in [1.54, 1.807) is 30.6 Å². The van der Waals surface area contributed by atoms with Crippen LogP contribution in [0.5, 0.6) is 11.5 Å². The van der Waals surface area contributed by atoms with Crippen LogP contribution in [0.15, 0.2) is 36.3 Å². The fraction of sp³-hybridized carbons (Fsp3) is 0.240. The van der Waals surface area contributed by atoms with E-state index in [1.165, 1.54) is 43.1 Å². The number of methoxy groups -OCH3 is 2. The molecule has 3 heterocycles. The largest absolute Gasteiger partial charge is 0.506 e. The number of para-hydroxylation sites is 1. The van der Waals surface area contributed by atoms with E-state index in [2.05, 4.69) is 41.3 Å². The highest BCUT2D eigenvalue weighted by Gasteiger charge is 2.35. The van der Waals surface area contributed by atoms with E-state index in [-0.39, 0.29) is 34.8 Å². The number of ether oxygens (including phenoxy) is 2. The van der Waals surface area contributed by atoms with Crippen LogP contribution < -0.4 is 25.1 Å². The molecule has 0 saturated heterocycles. The van der Waals surface area contributed by atoms with E-state index in [0.29, 0.717) is 20.6 Å². The number of aryl methyl sites for hydroxylation is 1. The number of rotatable bonds is 9. The van der Waals surface area contributed by atoms with Gasteiger partial charge in [-0.3, -0.25) is 9.29 Å². The minimum absolute atomic E-state index is 0.109. The molecule has 2 atom stereocenters. The molecular weight excluding hydrogens is 556 g/mol. The molecule has 4 aromatic rings. The van der Waals surface area contributed by atoms with Gasteiger partial charge in [-0.25, -0.2) is 23.4 Å². The molecule has 0 fully saturated rings. The van der Waals surface area contributed by atoms with E-state index >= 15 is 0 Å². The van der Waals surface area contributed by atoms with Gasteiger partial charge in [-0.05, 0) is 43.4 Å². The Morgan fingerprint density at radius 3 is 2.62 bits per heavy atom. The number of thiazole rings is 1. The average Bonchev–Trinajstić information content (AvgIpc) is 3.51. The zero-order chi connectivity index (χ0) is 28.6. The summed E-state index contributed by atoms with van der Waals surface area (Å²) in [6.07, 6.45) is 3.89. The van der Waals surface area contributed by atoms with Crippen LogP contribution in [-0.4, -0.2) is 62.7 Å². The number of anilines is 2. The quantitative estimate of drug-likeness (QED) is 0.241. The number of hydrogen-bond acceptors (Lipinski definition) is 12. The van der Waals surface area contributed by atoms with Gasteiger partial charge in [0.15, 0.2) is 16.8 Å². The monoisotopic (exact) mass is 580 g/mol. The fourth-order valence-electron chi connectivity index (χ4n) is 4.03. The number of nitrogens with zero attached hydrogens (tertiary/aromatic N) is 6. The van der Waals surface area contributed by atoms with Gasteiger partial charge in [0.05, 0.1) is 17.2 Å². The second kappa shape index (κ2) is 10.6. The molecule has 1 aromatic carbocycles. The summed E-state index contributed by atoms with van der Waals surface area (Å²) in [4.78, 5) is 12.6. The standard InChI is InChI=1S/C25H24N8O5S2/c1-13-11-27-22(28-12-13)21(38-4)14(2)40(35,36)32-25-31-30-23(15-8-9-16-19(10-15)39-24(26)29-16)33(25)20-17(34)6-5-7-18(20)37-3/h5-7,10-12,14,21,34H,1-4H3,(H2,26,29)(H,31,32)/t14-,21-/m0/s1. The Balaban J connectivity index is 1.63. The highest BCUT2D eigenvalue weighted by atomic mass is 32.2. The van der Waals surface area contributed by atoms with Gasteiger partial charge < -0.3 is 20.3 Å². The van der Waals surface area contributed by atoms with Crippen molar-refractivity contribution in [3.8, 4) is 17.2 Å². The molecule has 0 saturated carbocycles. The molecule has 0 spiro atoms. The lowest BCUT2D eigenvalue weighted by Gasteiger charge is -2.22. The highest BCUT2D eigenvalue weighted by Crippen LogP contribution is 2.36. The molecule has 0 unspecified atom stereocenters. The minimum Gasteiger partial charge on any atom is -0.506 e. The van der Waals surface area contributed by atoms with Crippen LogP contribution in [0.4, 0.5) is 11.1 Å². The predicted molar refractivity (Wildman–Crippen MR) is 149 cm³/mol. The molecule has 5 rings (SSSR count). The molecule has 4 N–H and O–H groups in total. The topological polar surface area (TPSA) is 180 Å². The Morgan fingerprint density at radius 2 is 1.93 bits per heavy atom. The van der Waals surface area contributed by atoms with Crippen LogP contribution in [0.2, 0.25) is 0 Å². The first-order chi connectivity index (χ1) is 19.1. The SMILES string of the molecule is COc1cccc(O)c1-n1c(NS(=O)(=O)[C@@H](C)[C@H](OC)c2ncc(C)cn2)nnc1C1=C=C=c2nc(N)sc2=C1. The molecule has 0 radical (unpaired) electrons. The maximum absolute atomic E-state index is 13.6. The van der Waals surface area contributed by atoms with E-state index in [4.69, 9.17) is 15.2 Å². The molecule has 1 aliphatic carbocycles. The normalized spacial score (nSPS) is 13.9. The lowest BCUT2D eigenvalue weighted by atomic mass is 10.2. The lowest BCUT2D eigenvalue weighted by molar-refractivity contribution is 0.0949. The zero-order valence-corrected chi connectivity index (χ0v) is 23.4. The number of fused-ring (bicyclic) bond motifs is 1. The van der Waals surface area contributed by atoms with Crippen LogP contribution >= 0.6 is 11.3 Å². The van der Waals surface area contributed by atoms with E-state index in [9.17, 15) is 13.5 Å². The number of aromatic hydroxyl groups is 1. The number of allylic oxidation sites excluding steroid dienone is 1. The predicted octanol–water partition coefficient (Wildman–Crippen LogP) is 1.05.